The van der Waals surface area contributed by atoms with Gasteiger partial charge in [-0.1, -0.05) is 0 Å². The number of rotatable bonds is 6. The van der Waals surface area contributed by atoms with Crippen LogP contribution in [-0.2, 0) is 19.6 Å². The van der Waals surface area contributed by atoms with Gasteiger partial charge in [0, 0.05) is 10.6 Å². The third-order valence-corrected chi connectivity index (χ3v) is 4.81. The highest BCUT2D eigenvalue weighted by Crippen LogP contribution is 2.28. The van der Waals surface area contributed by atoms with E-state index in [1.54, 1.807) is 19.1 Å². The van der Waals surface area contributed by atoms with Crippen molar-refractivity contribution in [2.24, 2.45) is 0 Å². The van der Waals surface area contributed by atoms with E-state index in [-0.39, 0.29) is 10.6 Å². The van der Waals surface area contributed by atoms with Crippen molar-refractivity contribution in [3.63, 3.8) is 0 Å². The van der Waals surface area contributed by atoms with Gasteiger partial charge in [-0.3, -0.25) is 4.79 Å². The van der Waals surface area contributed by atoms with Crippen molar-refractivity contribution in [3.05, 3.63) is 18.2 Å². The molecule has 0 radical (unpaired) electrons. The van der Waals surface area contributed by atoms with Crippen LogP contribution >= 0.6 is 11.8 Å². The Bertz CT molecular complexity index is 558. The van der Waals surface area contributed by atoms with Crippen LogP contribution in [0, 0.1) is 0 Å². The lowest BCUT2D eigenvalue weighted by Gasteiger charge is -2.10. The molecule has 0 amide bonds. The molecule has 6 nitrogen and oxygen atoms in total. The fourth-order valence-corrected chi connectivity index (χ4v) is 3.38. The number of nitrogens with two attached hydrogens (primary N) is 1. The zero-order valence-corrected chi connectivity index (χ0v) is 12.3. The van der Waals surface area contributed by atoms with Crippen LogP contribution in [-0.4, -0.2) is 33.8 Å². The third kappa shape index (κ3) is 4.41. The molecule has 0 heterocycles. The Morgan fingerprint density at radius 3 is 2.74 bits per heavy atom. The minimum atomic E-state index is -3.61. The standard InChI is InChI=1S/C11H16N2O4S2/c1-3-17-11(14)7-18-9-5-4-8(12)6-10(9)19(15,16)13-2/h4-6,13H,3,7,12H2,1-2H3. The minimum Gasteiger partial charge on any atom is -0.465 e. The maximum Gasteiger partial charge on any atom is 0.316 e. The fourth-order valence-electron chi connectivity index (χ4n) is 1.30. The normalized spacial score (nSPS) is 11.3. The van der Waals surface area contributed by atoms with Gasteiger partial charge in [0.1, 0.15) is 0 Å². The molecule has 0 atom stereocenters. The van der Waals surface area contributed by atoms with Crippen molar-refractivity contribution < 1.29 is 17.9 Å². The third-order valence-electron chi connectivity index (χ3n) is 2.18. The number of hydrogen-bond acceptors (Lipinski definition) is 6. The summed E-state index contributed by atoms with van der Waals surface area (Å²) in [6.07, 6.45) is 0. The van der Waals surface area contributed by atoms with Crippen molar-refractivity contribution in [1.82, 2.24) is 4.72 Å². The van der Waals surface area contributed by atoms with Crippen molar-refractivity contribution >= 4 is 33.4 Å². The molecule has 3 N–H and O–H groups in total. The summed E-state index contributed by atoms with van der Waals surface area (Å²) in [5.74, 6) is -0.346. The molecule has 0 aromatic heterocycles. The summed E-state index contributed by atoms with van der Waals surface area (Å²) in [7, 11) is -2.30. The van der Waals surface area contributed by atoms with Crippen molar-refractivity contribution in [3.8, 4) is 0 Å². The second kappa shape index (κ2) is 6.78. The first-order valence-electron chi connectivity index (χ1n) is 5.52. The quantitative estimate of drug-likeness (QED) is 0.459. The zero-order valence-electron chi connectivity index (χ0n) is 10.7. The molecule has 1 aromatic carbocycles. The van der Waals surface area contributed by atoms with E-state index < -0.39 is 16.0 Å². The van der Waals surface area contributed by atoms with Crippen LogP contribution in [0.15, 0.2) is 28.0 Å². The average Bonchev–Trinajstić information content (AvgIpc) is 2.37. The Balaban J connectivity index is 2.98. The van der Waals surface area contributed by atoms with Gasteiger partial charge in [0.2, 0.25) is 10.0 Å². The Morgan fingerprint density at radius 1 is 1.47 bits per heavy atom. The lowest BCUT2D eigenvalue weighted by atomic mass is 10.3. The number of ether oxygens (including phenoxy) is 1. The molecular formula is C11H16N2O4S2. The van der Waals surface area contributed by atoms with Gasteiger partial charge in [0.15, 0.2) is 0 Å². The van der Waals surface area contributed by atoms with Crippen LogP contribution in [0.4, 0.5) is 5.69 Å². The Kier molecular flexibility index (Phi) is 5.64. The van der Waals surface area contributed by atoms with E-state index in [4.69, 9.17) is 10.5 Å². The van der Waals surface area contributed by atoms with Gasteiger partial charge in [-0.25, -0.2) is 13.1 Å². The predicted molar refractivity (Wildman–Crippen MR) is 74.5 cm³/mol. The largest absolute Gasteiger partial charge is 0.465 e. The summed E-state index contributed by atoms with van der Waals surface area (Å²) in [4.78, 5) is 11.8. The Morgan fingerprint density at radius 2 is 2.16 bits per heavy atom. The van der Waals surface area contributed by atoms with Gasteiger partial charge in [-0.2, -0.15) is 0 Å². The van der Waals surface area contributed by atoms with E-state index in [2.05, 4.69) is 4.72 Å². The highest BCUT2D eigenvalue weighted by molar-refractivity contribution is 8.00. The van der Waals surface area contributed by atoms with E-state index in [1.807, 2.05) is 0 Å². The summed E-state index contributed by atoms with van der Waals surface area (Å²) in [6.45, 7) is 2.01. The SMILES string of the molecule is CCOC(=O)CSc1ccc(N)cc1S(=O)(=O)NC. The second-order valence-corrected chi connectivity index (χ2v) is 6.38. The van der Waals surface area contributed by atoms with E-state index in [0.717, 1.165) is 11.8 Å². The number of benzene rings is 1. The van der Waals surface area contributed by atoms with E-state index in [1.165, 1.54) is 13.1 Å². The van der Waals surface area contributed by atoms with Crippen molar-refractivity contribution in [2.75, 3.05) is 25.1 Å². The summed E-state index contributed by atoms with van der Waals surface area (Å²) in [5, 5.41) is 0. The van der Waals surface area contributed by atoms with Gasteiger partial charge >= 0.3 is 5.97 Å². The maximum atomic E-state index is 11.8. The summed E-state index contributed by atoms with van der Waals surface area (Å²) in [5.41, 5.74) is 5.93. The Hall–Kier alpha value is -1.25. The highest BCUT2D eigenvalue weighted by Gasteiger charge is 2.18. The first-order chi connectivity index (χ1) is 8.90. The molecule has 19 heavy (non-hydrogen) atoms. The molecule has 0 fully saturated rings. The molecular weight excluding hydrogens is 288 g/mol. The monoisotopic (exact) mass is 304 g/mol. The first-order valence-corrected chi connectivity index (χ1v) is 7.99. The minimum absolute atomic E-state index is 0.0456. The van der Waals surface area contributed by atoms with E-state index >= 15 is 0 Å². The molecule has 8 heteroatoms. The van der Waals surface area contributed by atoms with Crippen LogP contribution in [0.1, 0.15) is 6.92 Å². The molecule has 0 bridgehead atoms. The number of hydrogen-bond donors (Lipinski definition) is 2. The zero-order chi connectivity index (χ0) is 14.5. The number of sulfonamides is 1. The number of anilines is 1. The molecule has 0 aliphatic rings. The van der Waals surface area contributed by atoms with Crippen LogP contribution < -0.4 is 10.5 Å². The maximum absolute atomic E-state index is 11.8. The number of thioether (sulfide) groups is 1. The number of carbonyl (C=O) groups excluding carboxylic acids is 1. The lowest BCUT2D eigenvalue weighted by molar-refractivity contribution is -0.139. The number of carbonyl (C=O) groups is 1. The molecule has 0 saturated heterocycles. The van der Waals surface area contributed by atoms with Gasteiger partial charge in [-0.15, -0.1) is 11.8 Å². The number of esters is 1. The number of nitrogen functional groups attached to an aromatic ring is 1. The van der Waals surface area contributed by atoms with Gasteiger partial charge in [0.05, 0.1) is 17.3 Å². The summed E-state index contributed by atoms with van der Waals surface area (Å²) in [6, 6.07) is 4.52. The van der Waals surface area contributed by atoms with E-state index in [9.17, 15) is 13.2 Å². The molecule has 1 aromatic rings. The lowest BCUT2D eigenvalue weighted by Crippen LogP contribution is -2.19. The van der Waals surface area contributed by atoms with E-state index in [0.29, 0.717) is 17.2 Å². The molecule has 1 rings (SSSR count). The van der Waals surface area contributed by atoms with Crippen LogP contribution in [0.3, 0.4) is 0 Å². The molecule has 106 valence electrons. The van der Waals surface area contributed by atoms with Crippen LogP contribution in [0.2, 0.25) is 0 Å². The highest BCUT2D eigenvalue weighted by atomic mass is 32.2. The summed E-state index contributed by atoms with van der Waals surface area (Å²) < 4.78 is 30.7. The average molecular weight is 304 g/mol. The fraction of sp³-hybridized carbons (Fsp3) is 0.364. The van der Waals surface area contributed by atoms with Crippen molar-refractivity contribution in [2.45, 2.75) is 16.7 Å². The molecule has 0 aliphatic carbocycles. The smallest absolute Gasteiger partial charge is 0.316 e. The number of nitrogens with one attached hydrogen (secondary N) is 1. The molecule has 0 aliphatic heterocycles. The van der Waals surface area contributed by atoms with Crippen molar-refractivity contribution in [1.29, 1.82) is 0 Å². The molecule has 0 saturated carbocycles. The topological polar surface area (TPSA) is 98.5 Å². The van der Waals surface area contributed by atoms with Gasteiger partial charge in [-0.05, 0) is 32.2 Å². The predicted octanol–water partition coefficient (Wildman–Crippen LogP) is 0.832. The first kappa shape index (κ1) is 15.8. The molecule has 0 unspecified atom stereocenters. The van der Waals surface area contributed by atoms with Crippen LogP contribution in [0.25, 0.3) is 0 Å². The van der Waals surface area contributed by atoms with Crippen LogP contribution in [0.5, 0.6) is 0 Å². The van der Waals surface area contributed by atoms with Gasteiger partial charge in [0.25, 0.3) is 0 Å². The summed E-state index contributed by atoms with van der Waals surface area (Å²) >= 11 is 1.10. The second-order valence-electron chi connectivity index (χ2n) is 3.51. The molecule has 0 spiro atoms. The Labute approximate surface area is 116 Å². The van der Waals surface area contributed by atoms with Gasteiger partial charge < -0.3 is 10.5 Å².